The number of carbonyl (C=O) groups is 1. The third-order valence-electron chi connectivity index (χ3n) is 2.82. The van der Waals surface area contributed by atoms with Crippen LogP contribution in [0.15, 0.2) is 4.90 Å². The Hall–Kier alpha value is -1.28. The minimum absolute atomic E-state index is 0.0294. The molecule has 0 aliphatic heterocycles. The zero-order chi connectivity index (χ0) is 14.8. The Labute approximate surface area is 117 Å². The van der Waals surface area contributed by atoms with E-state index in [2.05, 4.69) is 5.32 Å². The lowest BCUT2D eigenvalue weighted by Crippen LogP contribution is -2.17. The molecule has 0 unspecified atom stereocenters. The molecule has 0 spiro atoms. The van der Waals surface area contributed by atoms with Crippen LogP contribution in [0.3, 0.4) is 0 Å². The first-order valence-electron chi connectivity index (χ1n) is 5.90. The third-order valence-corrected chi connectivity index (χ3v) is 5.26. The molecule has 5 N–H and O–H groups in total. The Morgan fingerprint density at radius 1 is 1.37 bits per heavy atom. The van der Waals surface area contributed by atoms with E-state index in [1.54, 1.807) is 0 Å². The minimum atomic E-state index is -3.52. The molecule has 0 radical (unpaired) electrons. The summed E-state index contributed by atoms with van der Waals surface area (Å²) in [5.41, 5.74) is 10.9. The summed E-state index contributed by atoms with van der Waals surface area (Å²) in [5, 5.41) is 3.51. The van der Waals surface area contributed by atoms with E-state index < -0.39 is 15.7 Å². The van der Waals surface area contributed by atoms with Gasteiger partial charge in [0.1, 0.15) is 14.8 Å². The van der Waals surface area contributed by atoms with Crippen LogP contribution in [0.2, 0.25) is 0 Å². The van der Waals surface area contributed by atoms with E-state index in [4.69, 9.17) is 11.5 Å². The van der Waals surface area contributed by atoms with Gasteiger partial charge in [-0.3, -0.25) is 4.79 Å². The number of nitrogens with one attached hydrogen (secondary N) is 1. The third kappa shape index (κ3) is 3.38. The Bertz CT molecular complexity index is 574. The largest absolute Gasteiger partial charge is 0.396 e. The number of nitrogens with two attached hydrogens (primary N) is 2. The predicted molar refractivity (Wildman–Crippen MR) is 78.4 cm³/mol. The normalized spacial score (nSPS) is 11.8. The topological polar surface area (TPSA) is 115 Å². The molecule has 1 heterocycles. The van der Waals surface area contributed by atoms with Crippen LogP contribution in [0, 0.1) is 0 Å². The Morgan fingerprint density at radius 2 is 1.89 bits per heavy atom. The van der Waals surface area contributed by atoms with E-state index in [1.165, 1.54) is 0 Å². The molecule has 108 valence electrons. The van der Waals surface area contributed by atoms with Crippen molar-refractivity contribution in [1.82, 2.24) is 0 Å². The van der Waals surface area contributed by atoms with Gasteiger partial charge in [0.05, 0.1) is 5.69 Å². The second kappa shape index (κ2) is 5.79. The number of carbonyl (C=O) groups excluding carboxylic acids is 1. The highest BCUT2D eigenvalue weighted by Gasteiger charge is 2.26. The first kappa shape index (κ1) is 15.8. The van der Waals surface area contributed by atoms with Gasteiger partial charge < -0.3 is 16.8 Å². The summed E-state index contributed by atoms with van der Waals surface area (Å²) >= 11 is 0.990. The van der Waals surface area contributed by atoms with Gasteiger partial charge >= 0.3 is 0 Å². The molecular weight excluding hydrogens is 286 g/mol. The van der Waals surface area contributed by atoms with Crippen molar-refractivity contribution >= 4 is 37.8 Å². The fraction of sp³-hybridized carbons (Fsp3) is 0.545. The van der Waals surface area contributed by atoms with Crippen molar-refractivity contribution in [3.63, 3.8) is 0 Å². The number of rotatable bonds is 6. The highest BCUT2D eigenvalue weighted by molar-refractivity contribution is 7.91. The van der Waals surface area contributed by atoms with E-state index in [-0.39, 0.29) is 21.5 Å². The lowest BCUT2D eigenvalue weighted by atomic mass is 10.2. The molecule has 8 heteroatoms. The fourth-order valence-electron chi connectivity index (χ4n) is 1.75. The average Bonchev–Trinajstić information content (AvgIpc) is 2.62. The van der Waals surface area contributed by atoms with Gasteiger partial charge in [0.15, 0.2) is 9.84 Å². The number of hydrogen-bond donors (Lipinski definition) is 3. The Balaban J connectivity index is 3.38. The number of primary amides is 1. The maximum absolute atomic E-state index is 11.8. The standard InChI is InChI=1S/C11H19N3O3S2/c1-4-6(5-2)14-11-9(19(3,16)17)7(12)8(18-11)10(13)15/h6,14H,4-5,12H2,1-3H3,(H2,13,15). The van der Waals surface area contributed by atoms with E-state index in [0.717, 1.165) is 30.4 Å². The molecule has 1 amide bonds. The molecule has 0 aromatic carbocycles. The Kier molecular flexibility index (Phi) is 4.81. The summed E-state index contributed by atoms with van der Waals surface area (Å²) in [6, 6.07) is 0.124. The summed E-state index contributed by atoms with van der Waals surface area (Å²) < 4.78 is 23.6. The van der Waals surface area contributed by atoms with E-state index in [0.29, 0.717) is 5.00 Å². The fourth-order valence-corrected chi connectivity index (χ4v) is 4.24. The average molecular weight is 305 g/mol. The minimum Gasteiger partial charge on any atom is -0.396 e. The van der Waals surface area contributed by atoms with Crippen LogP contribution in [-0.4, -0.2) is 26.6 Å². The van der Waals surface area contributed by atoms with Crippen LogP contribution in [0.4, 0.5) is 10.7 Å². The molecule has 0 saturated heterocycles. The quantitative estimate of drug-likeness (QED) is 0.735. The van der Waals surface area contributed by atoms with Crippen molar-refractivity contribution in [1.29, 1.82) is 0 Å². The van der Waals surface area contributed by atoms with Crippen LogP contribution in [0.25, 0.3) is 0 Å². The highest BCUT2D eigenvalue weighted by Crippen LogP contribution is 2.39. The molecule has 6 nitrogen and oxygen atoms in total. The number of hydrogen-bond acceptors (Lipinski definition) is 6. The van der Waals surface area contributed by atoms with E-state index in [9.17, 15) is 13.2 Å². The summed E-state index contributed by atoms with van der Waals surface area (Å²) in [4.78, 5) is 11.3. The van der Waals surface area contributed by atoms with Gasteiger partial charge in [0, 0.05) is 12.3 Å². The summed E-state index contributed by atoms with van der Waals surface area (Å²) in [5.74, 6) is -0.718. The van der Waals surface area contributed by atoms with E-state index >= 15 is 0 Å². The number of nitrogen functional groups attached to an aromatic ring is 1. The Morgan fingerprint density at radius 3 is 2.26 bits per heavy atom. The van der Waals surface area contributed by atoms with Crippen molar-refractivity contribution in [2.45, 2.75) is 37.6 Å². The first-order valence-corrected chi connectivity index (χ1v) is 8.61. The van der Waals surface area contributed by atoms with Gasteiger partial charge in [-0.05, 0) is 12.8 Å². The smallest absolute Gasteiger partial charge is 0.261 e. The van der Waals surface area contributed by atoms with Crippen LogP contribution in [0.1, 0.15) is 36.4 Å². The molecule has 0 fully saturated rings. The van der Waals surface area contributed by atoms with Crippen molar-refractivity contribution < 1.29 is 13.2 Å². The van der Waals surface area contributed by atoms with Gasteiger partial charge in [-0.1, -0.05) is 13.8 Å². The molecular formula is C11H19N3O3S2. The van der Waals surface area contributed by atoms with Crippen LogP contribution in [0.5, 0.6) is 0 Å². The first-order chi connectivity index (χ1) is 8.72. The molecule has 0 atom stereocenters. The molecule has 0 saturated carbocycles. The summed E-state index contributed by atoms with van der Waals surface area (Å²) in [6.07, 6.45) is 2.74. The lowest BCUT2D eigenvalue weighted by molar-refractivity contribution is 0.100. The summed E-state index contributed by atoms with van der Waals surface area (Å²) in [7, 11) is -3.52. The number of sulfone groups is 1. The molecule has 0 aliphatic carbocycles. The number of thiophene rings is 1. The van der Waals surface area contributed by atoms with Crippen LogP contribution < -0.4 is 16.8 Å². The van der Waals surface area contributed by atoms with Crippen molar-refractivity contribution in [3.8, 4) is 0 Å². The molecule has 1 aromatic heterocycles. The van der Waals surface area contributed by atoms with Gasteiger partial charge in [0.25, 0.3) is 5.91 Å². The maximum Gasteiger partial charge on any atom is 0.261 e. The molecule has 1 rings (SSSR count). The van der Waals surface area contributed by atoms with Crippen LogP contribution >= 0.6 is 11.3 Å². The van der Waals surface area contributed by atoms with Crippen LogP contribution in [-0.2, 0) is 9.84 Å². The zero-order valence-corrected chi connectivity index (χ0v) is 12.8. The van der Waals surface area contributed by atoms with Gasteiger partial charge in [-0.25, -0.2) is 8.42 Å². The molecule has 19 heavy (non-hydrogen) atoms. The van der Waals surface area contributed by atoms with Gasteiger partial charge in [-0.2, -0.15) is 0 Å². The van der Waals surface area contributed by atoms with Gasteiger partial charge in [0.2, 0.25) is 0 Å². The summed E-state index contributed by atoms with van der Waals surface area (Å²) in [6.45, 7) is 3.99. The SMILES string of the molecule is CCC(CC)Nc1sc(C(N)=O)c(N)c1S(C)(=O)=O. The predicted octanol–water partition coefficient (Wildman–Crippen LogP) is 1.43. The molecule has 1 aromatic rings. The zero-order valence-electron chi connectivity index (χ0n) is 11.2. The second-order valence-electron chi connectivity index (χ2n) is 4.30. The second-order valence-corrected chi connectivity index (χ2v) is 7.27. The monoisotopic (exact) mass is 305 g/mol. The van der Waals surface area contributed by atoms with Crippen molar-refractivity contribution in [3.05, 3.63) is 4.88 Å². The highest BCUT2D eigenvalue weighted by atomic mass is 32.2. The van der Waals surface area contributed by atoms with E-state index in [1.807, 2.05) is 13.8 Å². The van der Waals surface area contributed by atoms with Crippen molar-refractivity contribution in [2.75, 3.05) is 17.3 Å². The molecule has 0 aliphatic rings. The lowest BCUT2D eigenvalue weighted by Gasteiger charge is -2.15. The maximum atomic E-state index is 11.8. The number of anilines is 2. The number of amides is 1. The molecule has 0 bridgehead atoms. The van der Waals surface area contributed by atoms with Crippen molar-refractivity contribution in [2.24, 2.45) is 5.73 Å². The van der Waals surface area contributed by atoms with Gasteiger partial charge in [-0.15, -0.1) is 11.3 Å².